The Balaban J connectivity index is 1.66. The van der Waals surface area contributed by atoms with Crippen molar-refractivity contribution in [3.8, 4) is 0 Å². The highest BCUT2D eigenvalue weighted by molar-refractivity contribution is 5.68. The molecule has 0 aromatic heterocycles. The highest BCUT2D eigenvalue weighted by Crippen LogP contribution is 2.35. The van der Waals surface area contributed by atoms with Gasteiger partial charge in [-0.15, -0.1) is 0 Å². The molecule has 1 amide bonds. The molecule has 0 aromatic rings. The summed E-state index contributed by atoms with van der Waals surface area (Å²) in [5.74, 6) is 0.873. The van der Waals surface area contributed by atoms with E-state index in [1.54, 1.807) is 0 Å². The molecule has 3 unspecified atom stereocenters. The zero-order valence-electron chi connectivity index (χ0n) is 12.0. The van der Waals surface area contributed by atoms with Crippen LogP contribution in [0.25, 0.3) is 0 Å². The summed E-state index contributed by atoms with van der Waals surface area (Å²) < 4.78 is 5.25. The van der Waals surface area contributed by atoms with E-state index in [2.05, 4.69) is 17.6 Å². The minimum atomic E-state index is -0.415. The normalized spacial score (nSPS) is 28.7. The van der Waals surface area contributed by atoms with Gasteiger partial charge in [-0.3, -0.25) is 0 Å². The van der Waals surface area contributed by atoms with Crippen LogP contribution in [0.4, 0.5) is 4.79 Å². The minimum absolute atomic E-state index is 0.257. The van der Waals surface area contributed by atoms with Gasteiger partial charge in [-0.25, -0.2) is 4.79 Å². The molecule has 0 spiro atoms. The van der Waals surface area contributed by atoms with Gasteiger partial charge in [0.25, 0.3) is 0 Å². The van der Waals surface area contributed by atoms with Crippen molar-refractivity contribution >= 4 is 6.09 Å². The van der Waals surface area contributed by atoms with Gasteiger partial charge in [0.05, 0.1) is 0 Å². The van der Waals surface area contributed by atoms with Gasteiger partial charge in [-0.1, -0.05) is 6.92 Å². The first-order valence-corrected chi connectivity index (χ1v) is 7.14. The summed E-state index contributed by atoms with van der Waals surface area (Å²) >= 11 is 0. The van der Waals surface area contributed by atoms with Crippen molar-refractivity contribution < 1.29 is 9.53 Å². The number of carbonyl (C=O) groups is 1. The van der Waals surface area contributed by atoms with Crippen LogP contribution in [0.15, 0.2) is 0 Å². The lowest BCUT2D eigenvalue weighted by Gasteiger charge is -2.20. The molecule has 2 aliphatic rings. The third-order valence-electron chi connectivity index (χ3n) is 3.55. The summed E-state index contributed by atoms with van der Waals surface area (Å²) in [6, 6.07) is 1.34. The summed E-state index contributed by atoms with van der Waals surface area (Å²) in [5.41, 5.74) is -0.415. The molecule has 2 fully saturated rings. The number of nitrogens with one attached hydrogen (secondary N) is 2. The maximum Gasteiger partial charge on any atom is 0.407 e. The van der Waals surface area contributed by atoms with Crippen molar-refractivity contribution in [2.45, 2.75) is 77.1 Å². The number of ether oxygens (including phenoxy) is 1. The Morgan fingerprint density at radius 3 is 2.50 bits per heavy atom. The van der Waals surface area contributed by atoms with E-state index in [0.717, 1.165) is 12.3 Å². The highest BCUT2D eigenvalue weighted by atomic mass is 16.6. The van der Waals surface area contributed by atoms with Crippen LogP contribution in [0.3, 0.4) is 0 Å². The smallest absolute Gasteiger partial charge is 0.407 e. The third kappa shape index (κ3) is 4.16. The number of amides is 1. The molecule has 0 saturated heterocycles. The Morgan fingerprint density at radius 2 is 2.00 bits per heavy atom. The second-order valence-electron chi connectivity index (χ2n) is 6.61. The van der Waals surface area contributed by atoms with Crippen LogP contribution < -0.4 is 10.6 Å². The molecule has 2 N–H and O–H groups in total. The first-order valence-electron chi connectivity index (χ1n) is 7.14. The van der Waals surface area contributed by atoms with Crippen LogP contribution in [0.2, 0.25) is 0 Å². The summed E-state index contributed by atoms with van der Waals surface area (Å²) in [4.78, 5) is 11.6. The summed E-state index contributed by atoms with van der Waals surface area (Å²) in [6.07, 6.45) is 4.64. The number of hydrogen-bond donors (Lipinski definition) is 2. The number of alkyl carbamates (subject to hydrolysis) is 1. The predicted octanol–water partition coefficient (Wildman–Crippen LogP) is 2.43. The zero-order valence-corrected chi connectivity index (χ0v) is 12.0. The van der Waals surface area contributed by atoms with Crippen molar-refractivity contribution in [3.63, 3.8) is 0 Å². The van der Waals surface area contributed by atoms with E-state index >= 15 is 0 Å². The Bertz CT molecular complexity index is 307. The predicted molar refractivity (Wildman–Crippen MR) is 71.5 cm³/mol. The summed E-state index contributed by atoms with van der Waals surface area (Å²) in [7, 11) is 0. The van der Waals surface area contributed by atoms with E-state index in [1.165, 1.54) is 19.3 Å². The van der Waals surface area contributed by atoms with E-state index < -0.39 is 5.60 Å². The summed E-state index contributed by atoms with van der Waals surface area (Å²) in [5, 5.41) is 6.58. The first kappa shape index (κ1) is 13.7. The lowest BCUT2D eigenvalue weighted by Crippen LogP contribution is -2.39. The largest absolute Gasteiger partial charge is 0.444 e. The van der Waals surface area contributed by atoms with E-state index in [0.29, 0.717) is 12.1 Å². The Kier molecular flexibility index (Phi) is 3.85. The van der Waals surface area contributed by atoms with Crippen molar-refractivity contribution in [1.82, 2.24) is 10.6 Å². The molecule has 0 bridgehead atoms. The molecule has 2 rings (SSSR count). The maximum atomic E-state index is 11.6. The lowest BCUT2D eigenvalue weighted by atomic mass is 10.1. The van der Waals surface area contributed by atoms with Gasteiger partial charge in [-0.2, -0.15) is 0 Å². The van der Waals surface area contributed by atoms with Crippen molar-refractivity contribution in [1.29, 1.82) is 0 Å². The zero-order chi connectivity index (χ0) is 13.3. The van der Waals surface area contributed by atoms with Gasteiger partial charge < -0.3 is 15.4 Å². The molecule has 4 nitrogen and oxygen atoms in total. The topological polar surface area (TPSA) is 50.4 Å². The second-order valence-corrected chi connectivity index (χ2v) is 6.61. The lowest BCUT2D eigenvalue weighted by molar-refractivity contribution is 0.0521. The fraction of sp³-hybridized carbons (Fsp3) is 0.929. The second kappa shape index (κ2) is 5.08. The van der Waals surface area contributed by atoms with E-state index in [1.807, 2.05) is 20.8 Å². The van der Waals surface area contributed by atoms with Crippen LogP contribution in [0, 0.1) is 5.92 Å². The molecule has 3 atom stereocenters. The van der Waals surface area contributed by atoms with E-state index in [9.17, 15) is 4.79 Å². The van der Waals surface area contributed by atoms with Gasteiger partial charge in [0.15, 0.2) is 0 Å². The van der Waals surface area contributed by atoms with Gasteiger partial charge in [0.1, 0.15) is 5.60 Å². The van der Waals surface area contributed by atoms with E-state index in [-0.39, 0.29) is 12.1 Å². The van der Waals surface area contributed by atoms with Crippen LogP contribution in [-0.2, 0) is 4.74 Å². The first-order chi connectivity index (χ1) is 8.39. The Labute approximate surface area is 110 Å². The molecule has 0 radical (unpaired) electrons. The van der Waals surface area contributed by atoms with Gasteiger partial charge in [0.2, 0.25) is 0 Å². The molecule has 104 valence electrons. The van der Waals surface area contributed by atoms with Crippen molar-refractivity contribution in [2.24, 2.45) is 5.92 Å². The molecule has 2 saturated carbocycles. The quantitative estimate of drug-likeness (QED) is 0.792. The van der Waals surface area contributed by atoms with Gasteiger partial charge in [0, 0.05) is 18.1 Å². The third-order valence-corrected chi connectivity index (χ3v) is 3.55. The standard InChI is InChI=1S/C14H26N2O2/c1-5-10(9-6-7-9)15-11-8-12(11)16-13(17)18-14(2,3)4/h9-12,15H,5-8H2,1-4H3,(H,16,17). The van der Waals surface area contributed by atoms with Gasteiger partial charge in [-0.05, 0) is 52.4 Å². The van der Waals surface area contributed by atoms with Gasteiger partial charge >= 0.3 is 6.09 Å². The number of rotatable bonds is 5. The van der Waals surface area contributed by atoms with Crippen LogP contribution in [0.1, 0.15) is 53.4 Å². The molecule has 4 heteroatoms. The average molecular weight is 254 g/mol. The maximum absolute atomic E-state index is 11.6. The number of carbonyl (C=O) groups excluding carboxylic acids is 1. The molecule has 2 aliphatic carbocycles. The van der Waals surface area contributed by atoms with Crippen LogP contribution in [-0.4, -0.2) is 29.8 Å². The highest BCUT2D eigenvalue weighted by Gasteiger charge is 2.42. The molecule has 0 aromatic carbocycles. The Hall–Kier alpha value is -0.770. The molecule has 0 aliphatic heterocycles. The van der Waals surface area contributed by atoms with E-state index in [4.69, 9.17) is 4.74 Å². The monoisotopic (exact) mass is 254 g/mol. The molecular weight excluding hydrogens is 228 g/mol. The molecule has 0 heterocycles. The SMILES string of the molecule is CCC(NC1CC1NC(=O)OC(C)(C)C)C1CC1. The Morgan fingerprint density at radius 1 is 1.33 bits per heavy atom. The number of hydrogen-bond acceptors (Lipinski definition) is 3. The minimum Gasteiger partial charge on any atom is -0.444 e. The van der Waals surface area contributed by atoms with Crippen LogP contribution >= 0.6 is 0 Å². The average Bonchev–Trinajstić information content (AvgIpc) is 3.05. The molecule has 18 heavy (non-hydrogen) atoms. The fourth-order valence-electron chi connectivity index (χ4n) is 2.36. The van der Waals surface area contributed by atoms with Crippen molar-refractivity contribution in [2.75, 3.05) is 0 Å². The fourth-order valence-corrected chi connectivity index (χ4v) is 2.36. The summed E-state index contributed by atoms with van der Waals surface area (Å²) in [6.45, 7) is 7.88. The van der Waals surface area contributed by atoms with Crippen molar-refractivity contribution in [3.05, 3.63) is 0 Å². The van der Waals surface area contributed by atoms with Crippen LogP contribution in [0.5, 0.6) is 0 Å². The molecular formula is C14H26N2O2.